The van der Waals surface area contributed by atoms with Gasteiger partial charge in [0.25, 0.3) is 0 Å². The lowest BCUT2D eigenvalue weighted by Gasteiger charge is -2.24. The van der Waals surface area contributed by atoms with Crippen LogP contribution in [0.2, 0.25) is 0 Å². The maximum atomic E-state index is 6.08. The molecule has 32 heavy (non-hydrogen) atoms. The molecule has 0 amide bonds. The number of hydrogen-bond donors (Lipinski definition) is 1. The van der Waals surface area contributed by atoms with Gasteiger partial charge in [-0.1, -0.05) is 13.8 Å². The van der Waals surface area contributed by atoms with Crippen LogP contribution in [-0.2, 0) is 14.2 Å². The van der Waals surface area contributed by atoms with E-state index in [1.807, 2.05) is 0 Å². The van der Waals surface area contributed by atoms with Gasteiger partial charge in [0.05, 0.1) is 44.9 Å². The van der Waals surface area contributed by atoms with E-state index in [4.69, 9.17) is 18.9 Å². The first-order chi connectivity index (χ1) is 15.5. The Morgan fingerprint density at radius 3 is 2.38 bits per heavy atom. The molecule has 4 unspecified atom stereocenters. The van der Waals surface area contributed by atoms with Crippen molar-refractivity contribution >= 4 is 17.9 Å². The average molecular weight is 467 g/mol. The molecule has 11 heteroatoms. The van der Waals surface area contributed by atoms with Gasteiger partial charge in [0.1, 0.15) is 11.9 Å². The third kappa shape index (κ3) is 5.89. The summed E-state index contributed by atoms with van der Waals surface area (Å²) in [5.74, 6) is 2.98. The second kappa shape index (κ2) is 11.8. The monoisotopic (exact) mass is 466 g/mol. The molecule has 1 saturated heterocycles. The molecule has 4 atom stereocenters. The molecule has 2 aromatic heterocycles. The van der Waals surface area contributed by atoms with Crippen LogP contribution in [0.25, 0.3) is 0 Å². The quantitative estimate of drug-likeness (QED) is 0.468. The number of anilines is 1. The van der Waals surface area contributed by atoms with Gasteiger partial charge in [-0.2, -0.15) is 0 Å². The molecular weight excluding hydrogens is 432 g/mol. The van der Waals surface area contributed by atoms with Gasteiger partial charge < -0.3 is 18.9 Å². The number of ether oxygens (including phenoxy) is 4. The second-order valence-electron chi connectivity index (χ2n) is 8.02. The van der Waals surface area contributed by atoms with Gasteiger partial charge in [0, 0.05) is 25.4 Å². The maximum Gasteiger partial charge on any atom is 0.235 e. The molecule has 10 nitrogen and oxygen atoms in total. The molecule has 3 heterocycles. The van der Waals surface area contributed by atoms with Crippen LogP contribution < -0.4 is 9.46 Å². The third-order valence-corrected chi connectivity index (χ3v) is 6.74. The van der Waals surface area contributed by atoms with Crippen molar-refractivity contribution in [3.63, 3.8) is 0 Å². The Bertz CT molecular complexity index is 830. The van der Waals surface area contributed by atoms with Gasteiger partial charge in [-0.25, -0.2) is 9.97 Å². The van der Waals surface area contributed by atoms with Gasteiger partial charge in [-0.15, -0.1) is 10.2 Å². The zero-order valence-corrected chi connectivity index (χ0v) is 20.5. The summed E-state index contributed by atoms with van der Waals surface area (Å²) < 4.78 is 27.6. The second-order valence-corrected chi connectivity index (χ2v) is 9.21. The van der Waals surface area contributed by atoms with Crippen LogP contribution in [-0.4, -0.2) is 70.6 Å². The molecule has 0 aromatic carbocycles. The smallest absolute Gasteiger partial charge is 0.235 e. The highest BCUT2D eigenvalue weighted by Crippen LogP contribution is 2.35. The van der Waals surface area contributed by atoms with Gasteiger partial charge in [-0.3, -0.25) is 9.29 Å². The topological polar surface area (TPSA) is 105 Å². The van der Waals surface area contributed by atoms with E-state index in [2.05, 4.69) is 50.2 Å². The number of methoxy groups -OCH3 is 3. The Morgan fingerprint density at radius 2 is 1.81 bits per heavy atom. The predicted octanol–water partition coefficient (Wildman–Crippen LogP) is 3.40. The van der Waals surface area contributed by atoms with Crippen molar-refractivity contribution in [2.45, 2.75) is 63.0 Å². The summed E-state index contributed by atoms with van der Waals surface area (Å²) in [4.78, 5) is 8.85. The number of nitrogens with zero attached hydrogens (tertiary/aromatic N) is 5. The van der Waals surface area contributed by atoms with Crippen molar-refractivity contribution < 1.29 is 18.9 Å². The fourth-order valence-corrected chi connectivity index (χ4v) is 4.41. The minimum atomic E-state index is -0.0849. The fraction of sp³-hybridized carbons (Fsp3) is 0.714. The Labute approximate surface area is 193 Å². The summed E-state index contributed by atoms with van der Waals surface area (Å²) in [6.07, 6.45) is 5.43. The van der Waals surface area contributed by atoms with E-state index in [1.54, 1.807) is 45.7 Å². The number of nitrogens with one attached hydrogen (secondary N) is 1. The maximum absolute atomic E-state index is 6.08. The van der Waals surface area contributed by atoms with Gasteiger partial charge in [0.2, 0.25) is 5.95 Å². The Hall–Kier alpha value is -1.95. The summed E-state index contributed by atoms with van der Waals surface area (Å²) >= 11 is 1.56. The van der Waals surface area contributed by atoms with Crippen LogP contribution in [0.1, 0.15) is 63.3 Å². The lowest BCUT2D eigenvalue weighted by Crippen LogP contribution is -2.24. The molecule has 1 N–H and O–H groups in total. The summed E-state index contributed by atoms with van der Waals surface area (Å²) in [5.41, 5.74) is 0. The Morgan fingerprint density at radius 1 is 1.12 bits per heavy atom. The van der Waals surface area contributed by atoms with Gasteiger partial charge >= 0.3 is 0 Å². The van der Waals surface area contributed by atoms with Crippen molar-refractivity contribution in [2.24, 2.45) is 0 Å². The van der Waals surface area contributed by atoms with E-state index in [0.29, 0.717) is 24.9 Å². The van der Waals surface area contributed by atoms with E-state index in [9.17, 15) is 0 Å². The van der Waals surface area contributed by atoms with Crippen LogP contribution in [0, 0.1) is 0 Å². The van der Waals surface area contributed by atoms with Gasteiger partial charge in [0.15, 0.2) is 11.6 Å². The highest BCUT2D eigenvalue weighted by atomic mass is 32.2. The first kappa shape index (κ1) is 24.7. The summed E-state index contributed by atoms with van der Waals surface area (Å²) in [6, 6.07) is -0.0738. The zero-order valence-electron chi connectivity index (χ0n) is 19.6. The van der Waals surface area contributed by atoms with Crippen LogP contribution in [0.15, 0.2) is 12.4 Å². The van der Waals surface area contributed by atoms with E-state index in [-0.39, 0.29) is 29.4 Å². The normalized spacial score (nSPS) is 20.5. The molecule has 0 saturated carbocycles. The fourth-order valence-electron chi connectivity index (χ4n) is 3.65. The molecule has 0 bridgehead atoms. The molecule has 0 spiro atoms. The number of rotatable bonds is 12. The van der Waals surface area contributed by atoms with Crippen LogP contribution >= 0.6 is 11.9 Å². The minimum absolute atomic E-state index is 0.0738. The molecule has 0 radical (unpaired) electrons. The number of aromatic nitrogens is 5. The van der Waals surface area contributed by atoms with Crippen LogP contribution in [0.3, 0.4) is 0 Å². The van der Waals surface area contributed by atoms with E-state index in [0.717, 1.165) is 24.5 Å². The minimum Gasteiger partial charge on any atom is -0.494 e. The van der Waals surface area contributed by atoms with E-state index >= 15 is 0 Å². The molecule has 1 aliphatic rings. The first-order valence-corrected chi connectivity index (χ1v) is 11.7. The molecule has 0 aliphatic carbocycles. The van der Waals surface area contributed by atoms with Crippen molar-refractivity contribution in [3.05, 3.63) is 24.0 Å². The third-order valence-electron chi connectivity index (χ3n) is 5.66. The SMILES string of the molecule is COCC(COC)n1c(NSC(C)C(C)c2ncc(OC)cn2)nnc1C1CCC(C)O1. The standard InChI is InChI=1S/C21H34N6O4S/c1-13-7-8-18(31-13)20-24-25-21(27(20)16(11-28-4)12-29-5)26-32-15(3)14(2)19-22-9-17(30-6)10-23-19/h9-10,13-16,18H,7-8,11-12H2,1-6H3,(H,25,26). The Balaban J connectivity index is 1.76. The molecule has 2 aromatic rings. The highest BCUT2D eigenvalue weighted by Gasteiger charge is 2.32. The van der Waals surface area contributed by atoms with Crippen LogP contribution in [0.5, 0.6) is 5.75 Å². The van der Waals surface area contributed by atoms with Crippen molar-refractivity contribution in [1.29, 1.82) is 0 Å². The van der Waals surface area contributed by atoms with Crippen LogP contribution in [0.4, 0.5) is 5.95 Å². The largest absolute Gasteiger partial charge is 0.494 e. The summed E-state index contributed by atoms with van der Waals surface area (Å²) in [6.45, 7) is 7.27. The van der Waals surface area contributed by atoms with Crippen molar-refractivity contribution in [1.82, 2.24) is 24.7 Å². The lowest BCUT2D eigenvalue weighted by atomic mass is 10.1. The first-order valence-electron chi connectivity index (χ1n) is 10.8. The molecule has 1 aliphatic heterocycles. The molecule has 178 valence electrons. The van der Waals surface area contributed by atoms with Crippen molar-refractivity contribution in [3.8, 4) is 5.75 Å². The Kier molecular flexibility index (Phi) is 9.09. The van der Waals surface area contributed by atoms with Gasteiger partial charge in [-0.05, 0) is 31.7 Å². The molecule has 3 rings (SSSR count). The van der Waals surface area contributed by atoms with E-state index in [1.165, 1.54) is 0 Å². The summed E-state index contributed by atoms with van der Waals surface area (Å²) in [5, 5.41) is 9.09. The molecule has 1 fully saturated rings. The number of hydrogen-bond acceptors (Lipinski definition) is 10. The average Bonchev–Trinajstić information content (AvgIpc) is 3.42. The summed E-state index contributed by atoms with van der Waals surface area (Å²) in [7, 11) is 4.97. The van der Waals surface area contributed by atoms with Crippen molar-refractivity contribution in [2.75, 3.05) is 39.3 Å². The molecular formula is C21H34N6O4S. The highest BCUT2D eigenvalue weighted by molar-refractivity contribution is 8.01. The zero-order chi connectivity index (χ0) is 23.1. The van der Waals surface area contributed by atoms with E-state index < -0.39 is 0 Å². The predicted molar refractivity (Wildman–Crippen MR) is 123 cm³/mol. The lowest BCUT2D eigenvalue weighted by molar-refractivity contribution is 0.0406.